The summed E-state index contributed by atoms with van der Waals surface area (Å²) in [6.45, 7) is 5.19. The molecule has 124 valence electrons. The van der Waals surface area contributed by atoms with E-state index in [4.69, 9.17) is 9.47 Å². The molecule has 0 spiro atoms. The topological polar surface area (TPSA) is 55.8 Å². The van der Waals surface area contributed by atoms with Crippen LogP contribution in [0.5, 0.6) is 11.5 Å². The molecule has 1 heterocycles. The molecule has 0 bridgehead atoms. The maximum absolute atomic E-state index is 11.9. The van der Waals surface area contributed by atoms with Crippen LogP contribution in [-0.2, 0) is 4.79 Å². The van der Waals surface area contributed by atoms with Gasteiger partial charge in [-0.2, -0.15) is 0 Å². The fourth-order valence-corrected chi connectivity index (χ4v) is 2.85. The number of amides is 2. The minimum Gasteiger partial charge on any atom is -0.490 e. The zero-order chi connectivity index (χ0) is 16.8. The van der Waals surface area contributed by atoms with Gasteiger partial charge in [0.1, 0.15) is 0 Å². The molecule has 0 atom stereocenters. The first-order valence-corrected chi connectivity index (χ1v) is 8.49. The Hall–Kier alpha value is -1.95. The average Bonchev–Trinajstić information content (AvgIpc) is 2.77. The van der Waals surface area contributed by atoms with E-state index in [-0.39, 0.29) is 11.1 Å². The molecule has 0 unspecified atom stereocenters. The standard InChI is InChI=1S/C17H21NO4S/c1-4-6-9-22-13-8-7-12(10-14(13)21-5-2)11-15-16(19)18(3)17(20)23-15/h7-8,10-11H,4-6,9H2,1-3H3/b15-11-. The molecule has 0 N–H and O–H groups in total. The fraction of sp³-hybridized carbons (Fsp3) is 0.412. The lowest BCUT2D eigenvalue weighted by Crippen LogP contribution is -2.22. The molecule has 6 heteroatoms. The third kappa shape index (κ3) is 4.28. The molecular weight excluding hydrogens is 314 g/mol. The summed E-state index contributed by atoms with van der Waals surface area (Å²) >= 11 is 0.943. The average molecular weight is 335 g/mol. The molecule has 1 fully saturated rings. The normalized spacial score (nSPS) is 16.3. The van der Waals surface area contributed by atoms with Crippen LogP contribution in [0.25, 0.3) is 6.08 Å². The smallest absolute Gasteiger partial charge is 0.293 e. The van der Waals surface area contributed by atoms with E-state index in [0.29, 0.717) is 29.6 Å². The summed E-state index contributed by atoms with van der Waals surface area (Å²) in [6.07, 6.45) is 3.75. The van der Waals surface area contributed by atoms with Crippen LogP contribution in [-0.4, -0.2) is 36.3 Å². The predicted molar refractivity (Wildman–Crippen MR) is 91.7 cm³/mol. The van der Waals surface area contributed by atoms with Crippen LogP contribution in [0.4, 0.5) is 4.79 Å². The second kappa shape index (κ2) is 8.06. The van der Waals surface area contributed by atoms with E-state index in [2.05, 4.69) is 6.92 Å². The number of ether oxygens (including phenoxy) is 2. The van der Waals surface area contributed by atoms with Gasteiger partial charge < -0.3 is 9.47 Å². The number of rotatable bonds is 7. The van der Waals surface area contributed by atoms with Crippen molar-refractivity contribution in [3.63, 3.8) is 0 Å². The number of nitrogens with zero attached hydrogens (tertiary/aromatic N) is 1. The number of thioether (sulfide) groups is 1. The van der Waals surface area contributed by atoms with Crippen molar-refractivity contribution in [1.82, 2.24) is 4.90 Å². The first-order chi connectivity index (χ1) is 11.1. The molecule has 0 radical (unpaired) electrons. The molecule has 1 aromatic carbocycles. The molecule has 2 rings (SSSR count). The van der Waals surface area contributed by atoms with Gasteiger partial charge in [-0.05, 0) is 48.9 Å². The van der Waals surface area contributed by atoms with Crippen molar-refractivity contribution in [3.8, 4) is 11.5 Å². The molecular formula is C17H21NO4S. The Morgan fingerprint density at radius 1 is 1.17 bits per heavy atom. The molecule has 1 saturated heterocycles. The van der Waals surface area contributed by atoms with Crippen LogP contribution in [0.1, 0.15) is 32.3 Å². The van der Waals surface area contributed by atoms with Gasteiger partial charge in [-0.25, -0.2) is 0 Å². The van der Waals surface area contributed by atoms with Crippen molar-refractivity contribution in [2.45, 2.75) is 26.7 Å². The summed E-state index contributed by atoms with van der Waals surface area (Å²) in [7, 11) is 1.48. The largest absolute Gasteiger partial charge is 0.490 e. The molecule has 0 aromatic heterocycles. The summed E-state index contributed by atoms with van der Waals surface area (Å²) in [5.41, 5.74) is 0.801. The maximum Gasteiger partial charge on any atom is 0.293 e. The fourth-order valence-electron chi connectivity index (χ4n) is 2.03. The third-order valence-electron chi connectivity index (χ3n) is 3.31. The van der Waals surface area contributed by atoms with Crippen molar-refractivity contribution >= 4 is 29.0 Å². The second-order valence-corrected chi connectivity index (χ2v) is 6.08. The molecule has 1 aromatic rings. The van der Waals surface area contributed by atoms with Crippen molar-refractivity contribution in [1.29, 1.82) is 0 Å². The number of imide groups is 1. The number of hydrogen-bond donors (Lipinski definition) is 0. The molecule has 0 aliphatic carbocycles. The Bertz CT molecular complexity index is 627. The number of unbranched alkanes of at least 4 members (excludes halogenated alkanes) is 1. The number of benzene rings is 1. The molecule has 0 saturated carbocycles. The van der Waals surface area contributed by atoms with E-state index in [1.165, 1.54) is 7.05 Å². The molecule has 5 nitrogen and oxygen atoms in total. The summed E-state index contributed by atoms with van der Waals surface area (Å²) in [5, 5.41) is -0.259. The van der Waals surface area contributed by atoms with Gasteiger partial charge in [-0.1, -0.05) is 19.4 Å². The first kappa shape index (κ1) is 17.4. The SMILES string of the molecule is CCCCOc1ccc(/C=C2\SC(=O)N(C)C2=O)cc1OCC. The van der Waals surface area contributed by atoms with E-state index in [1.807, 2.05) is 25.1 Å². The van der Waals surface area contributed by atoms with Crippen LogP contribution in [0.3, 0.4) is 0 Å². The van der Waals surface area contributed by atoms with Gasteiger partial charge in [0.25, 0.3) is 11.1 Å². The Balaban J connectivity index is 2.22. The quantitative estimate of drug-likeness (QED) is 0.558. The summed E-state index contributed by atoms with van der Waals surface area (Å²) in [4.78, 5) is 25.0. The van der Waals surface area contributed by atoms with Gasteiger partial charge >= 0.3 is 0 Å². The molecule has 1 aliphatic rings. The van der Waals surface area contributed by atoms with E-state index in [9.17, 15) is 9.59 Å². The van der Waals surface area contributed by atoms with E-state index in [1.54, 1.807) is 6.08 Å². The highest BCUT2D eigenvalue weighted by atomic mass is 32.2. The number of hydrogen-bond acceptors (Lipinski definition) is 5. The zero-order valence-electron chi connectivity index (χ0n) is 13.6. The molecule has 23 heavy (non-hydrogen) atoms. The Kier molecular flexibility index (Phi) is 6.10. The predicted octanol–water partition coefficient (Wildman–Crippen LogP) is 3.93. The van der Waals surface area contributed by atoms with Crippen molar-refractivity contribution in [2.75, 3.05) is 20.3 Å². The van der Waals surface area contributed by atoms with Crippen molar-refractivity contribution in [2.24, 2.45) is 0 Å². The monoisotopic (exact) mass is 335 g/mol. The highest BCUT2D eigenvalue weighted by molar-refractivity contribution is 8.18. The van der Waals surface area contributed by atoms with Crippen LogP contribution >= 0.6 is 11.8 Å². The van der Waals surface area contributed by atoms with Crippen LogP contribution < -0.4 is 9.47 Å². The van der Waals surface area contributed by atoms with E-state index in [0.717, 1.165) is 35.1 Å². The second-order valence-electron chi connectivity index (χ2n) is 5.08. The van der Waals surface area contributed by atoms with Crippen molar-refractivity contribution in [3.05, 3.63) is 28.7 Å². The van der Waals surface area contributed by atoms with Gasteiger partial charge in [0.2, 0.25) is 0 Å². The number of carbonyl (C=O) groups excluding carboxylic acids is 2. The van der Waals surface area contributed by atoms with E-state index < -0.39 is 0 Å². The highest BCUT2D eigenvalue weighted by Crippen LogP contribution is 2.34. The van der Waals surface area contributed by atoms with Crippen LogP contribution in [0.2, 0.25) is 0 Å². The number of likely N-dealkylation sites (N-methyl/N-ethyl adjacent to an activating group) is 1. The van der Waals surface area contributed by atoms with Crippen LogP contribution in [0.15, 0.2) is 23.1 Å². The first-order valence-electron chi connectivity index (χ1n) is 7.68. The van der Waals surface area contributed by atoms with Gasteiger partial charge in [-0.15, -0.1) is 0 Å². The third-order valence-corrected chi connectivity index (χ3v) is 4.27. The Morgan fingerprint density at radius 2 is 1.96 bits per heavy atom. The minimum atomic E-state index is -0.277. The molecule has 1 aliphatic heterocycles. The van der Waals surface area contributed by atoms with Gasteiger partial charge in [0.15, 0.2) is 11.5 Å². The lowest BCUT2D eigenvalue weighted by molar-refractivity contribution is -0.121. The maximum atomic E-state index is 11.9. The lowest BCUT2D eigenvalue weighted by Gasteiger charge is -2.12. The van der Waals surface area contributed by atoms with Gasteiger partial charge in [0.05, 0.1) is 18.1 Å². The Morgan fingerprint density at radius 3 is 2.57 bits per heavy atom. The summed E-state index contributed by atoms with van der Waals surface area (Å²) in [5.74, 6) is 1.07. The highest BCUT2D eigenvalue weighted by Gasteiger charge is 2.31. The minimum absolute atomic E-state index is 0.259. The number of carbonyl (C=O) groups is 2. The van der Waals surface area contributed by atoms with Crippen molar-refractivity contribution < 1.29 is 19.1 Å². The van der Waals surface area contributed by atoms with Gasteiger partial charge in [0, 0.05) is 7.05 Å². The van der Waals surface area contributed by atoms with E-state index >= 15 is 0 Å². The van der Waals surface area contributed by atoms with Gasteiger partial charge in [-0.3, -0.25) is 14.5 Å². The Labute approximate surface area is 140 Å². The molecule has 2 amide bonds. The summed E-state index contributed by atoms with van der Waals surface area (Å²) in [6, 6.07) is 5.52. The lowest BCUT2D eigenvalue weighted by atomic mass is 10.2. The zero-order valence-corrected chi connectivity index (χ0v) is 14.4. The summed E-state index contributed by atoms with van der Waals surface area (Å²) < 4.78 is 11.3. The van der Waals surface area contributed by atoms with Crippen LogP contribution in [0, 0.1) is 0 Å².